The summed E-state index contributed by atoms with van der Waals surface area (Å²) in [6.45, 7) is 5.08. The molecule has 3 atom stereocenters. The highest BCUT2D eigenvalue weighted by Crippen LogP contribution is 2.32. The van der Waals surface area contributed by atoms with Crippen LogP contribution in [0, 0.1) is 5.92 Å². The third-order valence-electron chi connectivity index (χ3n) is 5.34. The van der Waals surface area contributed by atoms with Gasteiger partial charge in [-0.3, -0.25) is 4.79 Å². The summed E-state index contributed by atoms with van der Waals surface area (Å²) < 4.78 is 6.14. The van der Waals surface area contributed by atoms with Crippen LogP contribution in [0.5, 0.6) is 5.88 Å². The average Bonchev–Trinajstić information content (AvgIpc) is 3.18. The van der Waals surface area contributed by atoms with Crippen LogP contribution >= 0.6 is 0 Å². The fourth-order valence-electron chi connectivity index (χ4n) is 3.66. The van der Waals surface area contributed by atoms with E-state index in [1.165, 1.54) is 5.57 Å². The molecule has 2 aliphatic rings. The van der Waals surface area contributed by atoms with Crippen LogP contribution in [0.25, 0.3) is 5.57 Å². The number of aromatic nitrogens is 1. The Balaban J connectivity index is 2.03. The van der Waals surface area contributed by atoms with Crippen molar-refractivity contribution in [1.82, 2.24) is 15.2 Å². The maximum Gasteiger partial charge on any atom is 0.259 e. The highest BCUT2D eigenvalue weighted by atomic mass is 16.5. The fourth-order valence-corrected chi connectivity index (χ4v) is 3.66. The van der Waals surface area contributed by atoms with Gasteiger partial charge in [0, 0.05) is 25.2 Å². The lowest BCUT2D eigenvalue weighted by atomic mass is 9.99. The molecular weight excluding hydrogens is 330 g/mol. The lowest BCUT2D eigenvalue weighted by Gasteiger charge is -2.36. The van der Waals surface area contributed by atoms with E-state index in [9.17, 15) is 9.90 Å². The molecule has 0 fully saturated rings. The number of rotatable bonds is 5. The lowest BCUT2D eigenvalue weighted by molar-refractivity contribution is 0.0404. The van der Waals surface area contributed by atoms with E-state index in [2.05, 4.69) is 23.3 Å². The highest BCUT2D eigenvalue weighted by Gasteiger charge is 2.33. The van der Waals surface area contributed by atoms with Crippen LogP contribution in [0.15, 0.2) is 18.3 Å². The minimum Gasteiger partial charge on any atom is -0.472 e. The molecule has 0 aromatic carbocycles. The number of hydrogen-bond acceptors (Lipinski definition) is 5. The summed E-state index contributed by atoms with van der Waals surface area (Å²) in [4.78, 5) is 19.5. The van der Waals surface area contributed by atoms with Crippen molar-refractivity contribution in [3.05, 3.63) is 29.5 Å². The Labute approximate surface area is 155 Å². The van der Waals surface area contributed by atoms with E-state index in [1.807, 2.05) is 26.2 Å². The average molecular weight is 359 g/mol. The zero-order valence-corrected chi connectivity index (χ0v) is 15.9. The van der Waals surface area contributed by atoms with E-state index in [4.69, 9.17) is 4.74 Å². The van der Waals surface area contributed by atoms with Crippen molar-refractivity contribution in [3.63, 3.8) is 0 Å². The number of pyridine rings is 1. The number of aliphatic hydroxyl groups excluding tert-OH is 1. The predicted octanol–water partition coefficient (Wildman–Crippen LogP) is 2.09. The number of likely N-dealkylation sites (N-methyl/N-ethyl adjacent to an activating group) is 1. The Kier molecular flexibility index (Phi) is 5.94. The first kappa shape index (κ1) is 18.9. The smallest absolute Gasteiger partial charge is 0.259 e. The van der Waals surface area contributed by atoms with Crippen molar-refractivity contribution >= 4 is 11.5 Å². The van der Waals surface area contributed by atoms with Gasteiger partial charge in [-0.25, -0.2) is 4.98 Å². The zero-order valence-electron chi connectivity index (χ0n) is 15.9. The maximum atomic E-state index is 13.2. The Bertz CT molecular complexity index is 689. The summed E-state index contributed by atoms with van der Waals surface area (Å²) >= 11 is 0. The van der Waals surface area contributed by atoms with Gasteiger partial charge in [0.15, 0.2) is 0 Å². The van der Waals surface area contributed by atoms with E-state index in [0.717, 1.165) is 24.8 Å². The van der Waals surface area contributed by atoms with Gasteiger partial charge in [0.1, 0.15) is 11.7 Å². The Morgan fingerprint density at radius 1 is 1.50 bits per heavy atom. The first-order valence-electron chi connectivity index (χ1n) is 9.47. The number of amides is 1. The summed E-state index contributed by atoms with van der Waals surface area (Å²) in [6.07, 6.45) is 7.18. The second-order valence-corrected chi connectivity index (χ2v) is 7.38. The molecule has 6 heteroatoms. The number of fused-ring (bicyclic) bond motifs is 1. The van der Waals surface area contributed by atoms with E-state index in [-0.39, 0.29) is 30.6 Å². The summed E-state index contributed by atoms with van der Waals surface area (Å²) in [6, 6.07) is 1.66. The zero-order chi connectivity index (χ0) is 18.7. The highest BCUT2D eigenvalue weighted by molar-refractivity contribution is 5.97. The van der Waals surface area contributed by atoms with Gasteiger partial charge in [-0.1, -0.05) is 13.0 Å². The molecule has 6 nitrogen and oxygen atoms in total. The molecular formula is C20H29N3O3. The Morgan fingerprint density at radius 3 is 2.96 bits per heavy atom. The summed E-state index contributed by atoms with van der Waals surface area (Å²) in [5.74, 6) is 0.385. The number of aliphatic hydroxyl groups is 1. The first-order valence-corrected chi connectivity index (χ1v) is 9.47. The van der Waals surface area contributed by atoms with Gasteiger partial charge in [0.2, 0.25) is 5.88 Å². The van der Waals surface area contributed by atoms with Gasteiger partial charge < -0.3 is 20.1 Å². The van der Waals surface area contributed by atoms with Gasteiger partial charge in [-0.15, -0.1) is 0 Å². The molecule has 0 spiro atoms. The SMILES string of the molecule is CNC[C@@H]1Oc2ncc(C3=CCCC3)cc2C(=O)N([C@H](C)CO)C[C@@H]1C. The molecule has 0 bridgehead atoms. The normalized spacial score (nSPS) is 24.4. The minimum atomic E-state index is -0.250. The van der Waals surface area contributed by atoms with Crippen molar-refractivity contribution in [2.24, 2.45) is 5.92 Å². The third-order valence-corrected chi connectivity index (χ3v) is 5.34. The third kappa shape index (κ3) is 3.76. The monoisotopic (exact) mass is 359 g/mol. The predicted molar refractivity (Wildman–Crippen MR) is 101 cm³/mol. The number of hydrogen-bond donors (Lipinski definition) is 2. The molecule has 1 aromatic heterocycles. The minimum absolute atomic E-state index is 0.0659. The van der Waals surface area contributed by atoms with Crippen LogP contribution in [0.3, 0.4) is 0 Å². The van der Waals surface area contributed by atoms with Gasteiger partial charge in [-0.2, -0.15) is 0 Å². The maximum absolute atomic E-state index is 13.2. The molecule has 1 aliphatic heterocycles. The molecule has 0 saturated heterocycles. The molecule has 0 unspecified atom stereocenters. The Hall–Kier alpha value is -1.92. The van der Waals surface area contributed by atoms with Crippen LogP contribution in [-0.2, 0) is 0 Å². The molecule has 2 heterocycles. The number of carbonyl (C=O) groups is 1. The number of nitrogens with one attached hydrogen (secondary N) is 1. The molecule has 1 aromatic rings. The van der Waals surface area contributed by atoms with Crippen LogP contribution in [0.1, 0.15) is 49.0 Å². The van der Waals surface area contributed by atoms with Crippen LogP contribution < -0.4 is 10.1 Å². The standard InChI is InChI=1S/C20H29N3O3/c1-13-11-23(14(2)12-24)20(25)17-8-16(15-6-4-5-7-15)9-22-19(17)26-18(13)10-21-3/h6,8-9,13-14,18,21,24H,4-5,7,10-12H2,1-3H3/t13-,14+,18-/m0/s1. The number of nitrogens with zero attached hydrogens (tertiary/aromatic N) is 2. The van der Waals surface area contributed by atoms with E-state index >= 15 is 0 Å². The second kappa shape index (κ2) is 8.18. The molecule has 0 radical (unpaired) electrons. The van der Waals surface area contributed by atoms with Crippen molar-refractivity contribution < 1.29 is 14.6 Å². The number of ether oxygens (including phenoxy) is 1. The van der Waals surface area contributed by atoms with Crippen LogP contribution in [-0.4, -0.2) is 59.8 Å². The van der Waals surface area contributed by atoms with Gasteiger partial charge in [-0.05, 0) is 50.4 Å². The van der Waals surface area contributed by atoms with E-state index in [1.54, 1.807) is 4.90 Å². The molecule has 142 valence electrons. The molecule has 3 rings (SSSR count). The van der Waals surface area contributed by atoms with Crippen molar-refractivity contribution in [2.45, 2.75) is 45.3 Å². The van der Waals surface area contributed by atoms with Crippen molar-refractivity contribution in [3.8, 4) is 5.88 Å². The van der Waals surface area contributed by atoms with Crippen molar-refractivity contribution in [1.29, 1.82) is 0 Å². The molecule has 1 amide bonds. The van der Waals surface area contributed by atoms with Crippen LogP contribution in [0.2, 0.25) is 0 Å². The fraction of sp³-hybridized carbons (Fsp3) is 0.600. The van der Waals surface area contributed by atoms with Crippen molar-refractivity contribution in [2.75, 3.05) is 26.7 Å². The summed E-state index contributed by atoms with van der Waals surface area (Å²) in [5.41, 5.74) is 2.73. The summed E-state index contributed by atoms with van der Waals surface area (Å²) in [7, 11) is 1.89. The van der Waals surface area contributed by atoms with Crippen LogP contribution in [0.4, 0.5) is 0 Å². The first-order chi connectivity index (χ1) is 12.5. The van der Waals surface area contributed by atoms with Gasteiger partial charge in [0.05, 0.1) is 12.6 Å². The molecule has 1 aliphatic carbocycles. The van der Waals surface area contributed by atoms with E-state index in [0.29, 0.717) is 24.5 Å². The van der Waals surface area contributed by atoms with Gasteiger partial charge >= 0.3 is 0 Å². The Morgan fingerprint density at radius 2 is 2.31 bits per heavy atom. The van der Waals surface area contributed by atoms with Gasteiger partial charge in [0.25, 0.3) is 5.91 Å². The van der Waals surface area contributed by atoms with E-state index < -0.39 is 0 Å². The summed E-state index contributed by atoms with van der Waals surface area (Å²) in [5, 5.41) is 12.8. The lowest BCUT2D eigenvalue weighted by Crippen LogP contribution is -2.49. The molecule has 2 N–H and O–H groups in total. The number of carbonyl (C=O) groups excluding carboxylic acids is 1. The topological polar surface area (TPSA) is 74.7 Å². The largest absolute Gasteiger partial charge is 0.472 e. The molecule has 26 heavy (non-hydrogen) atoms. The number of allylic oxidation sites excluding steroid dienone is 2. The quantitative estimate of drug-likeness (QED) is 0.842. The molecule has 0 saturated carbocycles. The second-order valence-electron chi connectivity index (χ2n) is 7.38.